The molecular weight excluding hydrogens is 510 g/mol. The minimum atomic E-state index is -1.20. The van der Waals surface area contributed by atoms with Crippen LogP contribution in [-0.4, -0.2) is 27.8 Å². The predicted molar refractivity (Wildman–Crippen MR) is 133 cm³/mol. The third-order valence-electron chi connectivity index (χ3n) is 6.95. The van der Waals surface area contributed by atoms with Crippen molar-refractivity contribution in [3.05, 3.63) is 70.2 Å². The highest BCUT2D eigenvalue weighted by molar-refractivity contribution is 9.12. The number of fused-ring (bicyclic) bond motifs is 1. The molecular formula is C27H25BrN3O4-. The fourth-order valence-corrected chi connectivity index (χ4v) is 5.97. The standard InChI is InChI=1S/C27H26BrN3O4/c1-16-13-18-9-12-29-15-20(18)25(30-16)35-19-7-5-17(6-8-19)14-21(26(33)34)31-23-22(28)24(32)27(23)10-3-2-4-11-27/h5-9,12-13,15,21,31H,2-4,10-11,14H2,1H3,(H,33,34)/p-1/t21-/m0/s1. The number of carboxylic acid groups (broad SMARTS) is 1. The summed E-state index contributed by atoms with van der Waals surface area (Å²) in [7, 11) is 0. The lowest BCUT2D eigenvalue weighted by Crippen LogP contribution is -2.55. The summed E-state index contributed by atoms with van der Waals surface area (Å²) in [5.41, 5.74) is 1.79. The first-order chi connectivity index (χ1) is 16.9. The number of pyridine rings is 2. The number of nitrogens with zero attached hydrogens (tertiary/aromatic N) is 2. The molecule has 1 spiro atoms. The number of allylic oxidation sites excluding steroid dienone is 2. The number of ether oxygens (including phenoxy) is 1. The van der Waals surface area contributed by atoms with Gasteiger partial charge in [-0.2, -0.15) is 0 Å². The first kappa shape index (κ1) is 23.5. The number of hydrogen-bond acceptors (Lipinski definition) is 7. The number of nitrogens with one attached hydrogen (secondary N) is 1. The van der Waals surface area contributed by atoms with Crippen molar-refractivity contribution in [2.24, 2.45) is 5.41 Å². The maximum atomic E-state index is 12.6. The molecule has 1 saturated carbocycles. The number of rotatable bonds is 7. The molecule has 3 aromatic rings. The number of carbonyl (C=O) groups excluding carboxylic acids is 2. The van der Waals surface area contributed by atoms with Gasteiger partial charge in [-0.25, -0.2) is 4.98 Å². The Hall–Kier alpha value is -3.26. The second kappa shape index (κ2) is 9.41. The van der Waals surface area contributed by atoms with Gasteiger partial charge in [0.1, 0.15) is 5.75 Å². The summed E-state index contributed by atoms with van der Waals surface area (Å²) in [6, 6.07) is 10.2. The van der Waals surface area contributed by atoms with E-state index in [9.17, 15) is 14.7 Å². The first-order valence-electron chi connectivity index (χ1n) is 11.8. The van der Waals surface area contributed by atoms with Crippen molar-refractivity contribution in [1.82, 2.24) is 15.3 Å². The average molecular weight is 535 g/mol. The molecule has 0 bridgehead atoms. The van der Waals surface area contributed by atoms with E-state index in [1.807, 2.05) is 31.2 Å². The Morgan fingerprint density at radius 3 is 2.66 bits per heavy atom. The maximum absolute atomic E-state index is 12.6. The molecule has 1 atom stereocenters. The number of aliphatic carboxylic acids is 1. The molecule has 0 unspecified atom stereocenters. The second-order valence-corrected chi connectivity index (χ2v) is 10.1. The lowest BCUT2D eigenvalue weighted by atomic mass is 9.62. The van der Waals surface area contributed by atoms with Crippen LogP contribution in [0.4, 0.5) is 0 Å². The van der Waals surface area contributed by atoms with E-state index in [1.54, 1.807) is 24.5 Å². The molecule has 1 fully saturated rings. The Labute approximate surface area is 211 Å². The highest BCUT2D eigenvalue weighted by Gasteiger charge is 2.53. The van der Waals surface area contributed by atoms with E-state index in [2.05, 4.69) is 31.2 Å². The highest BCUT2D eigenvalue weighted by Crippen LogP contribution is 2.53. The first-order valence-corrected chi connectivity index (χ1v) is 12.6. The molecule has 0 amide bonds. The number of carbonyl (C=O) groups is 2. The fourth-order valence-electron chi connectivity index (χ4n) is 5.09. The summed E-state index contributed by atoms with van der Waals surface area (Å²) in [6.45, 7) is 1.91. The van der Waals surface area contributed by atoms with E-state index < -0.39 is 17.4 Å². The highest BCUT2D eigenvalue weighted by atomic mass is 79.9. The topological polar surface area (TPSA) is 104 Å². The Kier molecular flexibility index (Phi) is 6.32. The maximum Gasteiger partial charge on any atom is 0.228 e. The van der Waals surface area contributed by atoms with Crippen LogP contribution in [0.3, 0.4) is 0 Å². The van der Waals surface area contributed by atoms with Crippen molar-refractivity contribution in [1.29, 1.82) is 0 Å². The summed E-state index contributed by atoms with van der Waals surface area (Å²) in [5, 5.41) is 16.9. The normalized spacial score (nSPS) is 17.8. The Balaban J connectivity index is 1.31. The van der Waals surface area contributed by atoms with Gasteiger partial charge in [-0.1, -0.05) is 31.4 Å². The van der Waals surface area contributed by atoms with Gasteiger partial charge in [0.15, 0.2) is 5.78 Å². The van der Waals surface area contributed by atoms with Gasteiger partial charge in [-0.05, 0) is 77.3 Å². The molecule has 1 aromatic carbocycles. The number of ketones is 1. The van der Waals surface area contributed by atoms with Crippen molar-refractivity contribution in [2.45, 2.75) is 51.5 Å². The Morgan fingerprint density at radius 2 is 1.94 bits per heavy atom. The summed E-state index contributed by atoms with van der Waals surface area (Å²) < 4.78 is 6.49. The largest absolute Gasteiger partial charge is 0.548 e. The van der Waals surface area contributed by atoms with Gasteiger partial charge in [0.25, 0.3) is 0 Å². The van der Waals surface area contributed by atoms with Crippen LogP contribution in [-0.2, 0) is 16.0 Å². The molecule has 5 rings (SSSR count). The minimum Gasteiger partial charge on any atom is -0.548 e. The summed E-state index contributed by atoms with van der Waals surface area (Å²) in [4.78, 5) is 33.3. The molecule has 2 aliphatic rings. The molecule has 1 N–H and O–H groups in total. The zero-order valence-electron chi connectivity index (χ0n) is 19.3. The lowest BCUT2D eigenvalue weighted by molar-refractivity contribution is -0.308. The number of benzene rings is 1. The minimum absolute atomic E-state index is 0.0748. The quantitative estimate of drug-likeness (QED) is 0.486. The Bertz CT molecular complexity index is 1330. The van der Waals surface area contributed by atoms with Crippen LogP contribution < -0.4 is 15.2 Å². The van der Waals surface area contributed by atoms with Crippen molar-refractivity contribution in [3.8, 4) is 11.6 Å². The number of carboxylic acids is 1. The van der Waals surface area contributed by atoms with Crippen LogP contribution in [0.1, 0.15) is 43.4 Å². The molecule has 35 heavy (non-hydrogen) atoms. The number of halogens is 1. The van der Waals surface area contributed by atoms with Gasteiger partial charge >= 0.3 is 0 Å². The van der Waals surface area contributed by atoms with Gasteiger partial charge in [0, 0.05) is 23.8 Å². The Morgan fingerprint density at radius 1 is 1.20 bits per heavy atom. The van der Waals surface area contributed by atoms with Crippen LogP contribution in [0.25, 0.3) is 10.8 Å². The van der Waals surface area contributed by atoms with Gasteiger partial charge in [-0.15, -0.1) is 0 Å². The summed E-state index contributed by atoms with van der Waals surface area (Å²) >= 11 is 3.36. The number of aromatic nitrogens is 2. The van der Waals surface area contributed by atoms with E-state index in [1.165, 1.54) is 0 Å². The van der Waals surface area contributed by atoms with Crippen molar-refractivity contribution in [3.63, 3.8) is 0 Å². The van der Waals surface area contributed by atoms with Crippen molar-refractivity contribution in [2.75, 3.05) is 0 Å². The average Bonchev–Trinajstić information content (AvgIpc) is 2.87. The van der Waals surface area contributed by atoms with Crippen molar-refractivity contribution >= 4 is 38.5 Å². The van der Waals surface area contributed by atoms with Crippen LogP contribution in [0.2, 0.25) is 0 Å². The number of aryl methyl sites for hydroxylation is 1. The molecule has 2 aliphatic carbocycles. The summed E-state index contributed by atoms with van der Waals surface area (Å²) in [6.07, 6.45) is 8.21. The molecule has 180 valence electrons. The molecule has 2 aromatic heterocycles. The summed E-state index contributed by atoms with van der Waals surface area (Å²) in [5.74, 6) is -0.0670. The monoisotopic (exact) mass is 534 g/mol. The van der Waals surface area contributed by atoms with E-state index in [4.69, 9.17) is 4.74 Å². The van der Waals surface area contributed by atoms with E-state index >= 15 is 0 Å². The smallest absolute Gasteiger partial charge is 0.228 e. The molecule has 0 saturated heterocycles. The van der Waals surface area contributed by atoms with Crippen LogP contribution >= 0.6 is 15.9 Å². The van der Waals surface area contributed by atoms with Crippen LogP contribution in [0.5, 0.6) is 11.6 Å². The third-order valence-corrected chi connectivity index (χ3v) is 7.70. The fraction of sp³-hybridized carbons (Fsp3) is 0.333. The zero-order chi connectivity index (χ0) is 24.6. The SMILES string of the molecule is Cc1cc2ccncc2c(Oc2ccc(C[C@H](NC3=C(Br)C(=O)C34CCCCC4)C(=O)[O-])cc2)n1. The number of Topliss-reactive ketones (excluding diaryl/α,β-unsaturated/α-hetero) is 1. The van der Waals surface area contributed by atoms with Crippen LogP contribution in [0, 0.1) is 12.3 Å². The van der Waals surface area contributed by atoms with Crippen LogP contribution in [0.15, 0.2) is 59.0 Å². The predicted octanol–water partition coefficient (Wildman–Crippen LogP) is 4.12. The van der Waals surface area contributed by atoms with E-state index in [0.717, 1.165) is 54.1 Å². The molecule has 8 heteroatoms. The van der Waals surface area contributed by atoms with Crippen molar-refractivity contribution < 1.29 is 19.4 Å². The molecule has 7 nitrogen and oxygen atoms in total. The molecule has 0 radical (unpaired) electrons. The number of hydrogen-bond donors (Lipinski definition) is 1. The van der Waals surface area contributed by atoms with E-state index in [-0.39, 0.29) is 12.2 Å². The van der Waals surface area contributed by atoms with E-state index in [0.29, 0.717) is 21.8 Å². The van der Waals surface area contributed by atoms with Gasteiger partial charge in [0.05, 0.1) is 27.3 Å². The van der Waals surface area contributed by atoms with Gasteiger partial charge in [-0.3, -0.25) is 9.78 Å². The lowest BCUT2D eigenvalue weighted by Gasteiger charge is -2.46. The molecule has 0 aliphatic heterocycles. The second-order valence-electron chi connectivity index (χ2n) is 9.29. The molecule has 2 heterocycles. The van der Waals surface area contributed by atoms with Gasteiger partial charge in [0.2, 0.25) is 5.88 Å². The zero-order valence-corrected chi connectivity index (χ0v) is 20.9. The third kappa shape index (κ3) is 4.43. The van der Waals surface area contributed by atoms with Gasteiger partial charge < -0.3 is 20.0 Å².